The number of carbonyl (C=O) groups is 2. The first-order valence-electron chi connectivity index (χ1n) is 7.16. The summed E-state index contributed by atoms with van der Waals surface area (Å²) >= 11 is 1.52. The highest BCUT2D eigenvalue weighted by Gasteiger charge is 2.33. The van der Waals surface area contributed by atoms with Gasteiger partial charge in [-0.05, 0) is 16.9 Å². The van der Waals surface area contributed by atoms with E-state index < -0.39 is 6.04 Å². The molecule has 0 saturated carbocycles. The normalized spacial score (nSPS) is 17.7. The van der Waals surface area contributed by atoms with Gasteiger partial charge in [-0.2, -0.15) is 11.3 Å². The second kappa shape index (κ2) is 6.15. The van der Waals surface area contributed by atoms with Gasteiger partial charge in [0.1, 0.15) is 0 Å². The van der Waals surface area contributed by atoms with Crippen molar-refractivity contribution in [2.45, 2.75) is 26.8 Å². The molecule has 2 rings (SSSR count). The zero-order chi connectivity index (χ0) is 15.6. The maximum atomic E-state index is 12.3. The smallest absolute Gasteiger partial charge is 0.254 e. The highest BCUT2D eigenvalue weighted by atomic mass is 32.1. The minimum absolute atomic E-state index is 0.0230. The van der Waals surface area contributed by atoms with Crippen LogP contribution in [0.2, 0.25) is 0 Å². The zero-order valence-electron chi connectivity index (χ0n) is 12.8. The minimum atomic E-state index is -0.503. The van der Waals surface area contributed by atoms with Gasteiger partial charge in [-0.3, -0.25) is 9.59 Å². The molecule has 6 heteroatoms. The maximum Gasteiger partial charge on any atom is 0.254 e. The highest BCUT2D eigenvalue weighted by molar-refractivity contribution is 7.08. The fourth-order valence-electron chi connectivity index (χ4n) is 2.27. The van der Waals surface area contributed by atoms with Crippen LogP contribution in [0.1, 0.15) is 31.1 Å². The van der Waals surface area contributed by atoms with Crippen LogP contribution in [0.15, 0.2) is 16.8 Å². The van der Waals surface area contributed by atoms with Crippen molar-refractivity contribution >= 4 is 23.2 Å². The van der Waals surface area contributed by atoms with Gasteiger partial charge in [0.2, 0.25) is 5.91 Å². The van der Waals surface area contributed by atoms with Crippen molar-refractivity contribution in [3.63, 3.8) is 0 Å². The molecule has 0 aromatic carbocycles. The molecule has 116 valence electrons. The van der Waals surface area contributed by atoms with Crippen LogP contribution in [0.4, 0.5) is 0 Å². The van der Waals surface area contributed by atoms with Crippen molar-refractivity contribution < 1.29 is 9.59 Å². The molecule has 2 amide bonds. The summed E-state index contributed by atoms with van der Waals surface area (Å²) in [7, 11) is 0. The SMILES string of the molecule is CC(C)(C)[C@@H](N)C(=O)N1CCN(C(=O)c2ccsc2)CC1. The summed E-state index contributed by atoms with van der Waals surface area (Å²) in [6.45, 7) is 8.13. The van der Waals surface area contributed by atoms with Gasteiger partial charge in [-0.15, -0.1) is 0 Å². The minimum Gasteiger partial charge on any atom is -0.338 e. The van der Waals surface area contributed by atoms with Crippen molar-refractivity contribution in [1.82, 2.24) is 9.80 Å². The van der Waals surface area contributed by atoms with Crippen LogP contribution in [0, 0.1) is 5.41 Å². The molecular weight excluding hydrogens is 286 g/mol. The molecule has 0 aliphatic carbocycles. The standard InChI is InChI=1S/C15H23N3O2S/c1-15(2,3)12(16)14(20)18-7-5-17(6-8-18)13(19)11-4-9-21-10-11/h4,9-10,12H,5-8,16H2,1-3H3/t12-/m0/s1. The predicted octanol–water partition coefficient (Wildman–Crippen LogP) is 1.41. The van der Waals surface area contributed by atoms with Crippen molar-refractivity contribution in [2.24, 2.45) is 11.1 Å². The lowest BCUT2D eigenvalue weighted by molar-refractivity contribution is -0.136. The number of amides is 2. The maximum absolute atomic E-state index is 12.3. The Bertz CT molecular complexity index is 499. The fourth-order valence-corrected chi connectivity index (χ4v) is 2.90. The summed E-state index contributed by atoms with van der Waals surface area (Å²) in [4.78, 5) is 28.2. The Morgan fingerprint density at radius 2 is 1.76 bits per heavy atom. The summed E-state index contributed by atoms with van der Waals surface area (Å²) in [5.74, 6) is 0.0219. The molecule has 1 aliphatic heterocycles. The second-order valence-electron chi connectivity index (χ2n) is 6.47. The number of nitrogens with zero attached hydrogens (tertiary/aromatic N) is 2. The number of piperazine rings is 1. The van der Waals surface area contributed by atoms with E-state index in [0.717, 1.165) is 5.56 Å². The molecule has 2 N–H and O–H groups in total. The Kier molecular flexibility index (Phi) is 4.68. The van der Waals surface area contributed by atoms with Crippen molar-refractivity contribution in [3.8, 4) is 0 Å². The third-order valence-electron chi connectivity index (χ3n) is 3.85. The van der Waals surface area contributed by atoms with Gasteiger partial charge in [0.25, 0.3) is 5.91 Å². The van der Waals surface area contributed by atoms with Crippen LogP contribution in [0.5, 0.6) is 0 Å². The van der Waals surface area contributed by atoms with E-state index in [4.69, 9.17) is 5.73 Å². The molecule has 5 nitrogen and oxygen atoms in total. The molecule has 0 bridgehead atoms. The van der Waals surface area contributed by atoms with Gasteiger partial charge in [0.15, 0.2) is 0 Å². The van der Waals surface area contributed by atoms with E-state index in [2.05, 4.69) is 0 Å². The van der Waals surface area contributed by atoms with Crippen LogP contribution >= 0.6 is 11.3 Å². The molecule has 1 aromatic rings. The van der Waals surface area contributed by atoms with Gasteiger partial charge < -0.3 is 15.5 Å². The Balaban J connectivity index is 1.92. The topological polar surface area (TPSA) is 66.6 Å². The monoisotopic (exact) mass is 309 g/mol. The van der Waals surface area contributed by atoms with E-state index in [-0.39, 0.29) is 17.2 Å². The third-order valence-corrected chi connectivity index (χ3v) is 4.53. The molecule has 1 atom stereocenters. The van der Waals surface area contributed by atoms with Gasteiger partial charge >= 0.3 is 0 Å². The number of hydrogen-bond acceptors (Lipinski definition) is 4. The van der Waals surface area contributed by atoms with Crippen LogP contribution in [0.25, 0.3) is 0 Å². The first kappa shape index (κ1) is 16.0. The molecular formula is C15H23N3O2S. The van der Waals surface area contributed by atoms with Gasteiger partial charge in [-0.25, -0.2) is 0 Å². The molecule has 0 unspecified atom stereocenters. The molecule has 1 aliphatic rings. The number of thiophene rings is 1. The average molecular weight is 309 g/mol. The summed E-state index contributed by atoms with van der Waals surface area (Å²) in [6.07, 6.45) is 0. The zero-order valence-corrected chi connectivity index (χ0v) is 13.7. The summed E-state index contributed by atoms with van der Waals surface area (Å²) in [5, 5.41) is 3.75. The van der Waals surface area contributed by atoms with E-state index in [1.807, 2.05) is 37.6 Å². The fraction of sp³-hybridized carbons (Fsp3) is 0.600. The lowest BCUT2D eigenvalue weighted by Gasteiger charge is -2.38. The second-order valence-corrected chi connectivity index (χ2v) is 7.25. The lowest BCUT2D eigenvalue weighted by Crippen LogP contribution is -2.56. The third kappa shape index (κ3) is 3.63. The summed E-state index contributed by atoms with van der Waals surface area (Å²) in [6, 6.07) is 1.33. The quantitative estimate of drug-likeness (QED) is 0.898. The number of hydrogen-bond donors (Lipinski definition) is 1. The summed E-state index contributed by atoms with van der Waals surface area (Å²) < 4.78 is 0. The average Bonchev–Trinajstić information content (AvgIpc) is 2.98. The van der Waals surface area contributed by atoms with Crippen molar-refractivity contribution in [2.75, 3.05) is 26.2 Å². The van der Waals surface area contributed by atoms with Gasteiger partial charge in [0, 0.05) is 31.6 Å². The number of rotatable bonds is 2. The van der Waals surface area contributed by atoms with E-state index in [1.54, 1.807) is 9.80 Å². The van der Waals surface area contributed by atoms with Crippen molar-refractivity contribution in [1.29, 1.82) is 0 Å². The molecule has 1 aromatic heterocycles. The number of carbonyl (C=O) groups excluding carboxylic acids is 2. The van der Waals surface area contributed by atoms with Gasteiger partial charge in [0.05, 0.1) is 11.6 Å². The first-order chi connectivity index (χ1) is 9.80. The summed E-state index contributed by atoms with van der Waals surface area (Å²) in [5.41, 5.74) is 6.50. The van der Waals surface area contributed by atoms with E-state index in [0.29, 0.717) is 26.2 Å². The molecule has 0 spiro atoms. The molecule has 1 fully saturated rings. The van der Waals surface area contributed by atoms with Crippen LogP contribution < -0.4 is 5.73 Å². The van der Waals surface area contributed by atoms with E-state index in [1.165, 1.54) is 11.3 Å². The lowest BCUT2D eigenvalue weighted by atomic mass is 9.86. The van der Waals surface area contributed by atoms with Crippen LogP contribution in [-0.2, 0) is 4.79 Å². The van der Waals surface area contributed by atoms with Crippen LogP contribution in [-0.4, -0.2) is 53.8 Å². The first-order valence-corrected chi connectivity index (χ1v) is 8.11. The van der Waals surface area contributed by atoms with Gasteiger partial charge in [-0.1, -0.05) is 20.8 Å². The molecule has 1 saturated heterocycles. The van der Waals surface area contributed by atoms with Crippen molar-refractivity contribution in [3.05, 3.63) is 22.4 Å². The number of nitrogens with two attached hydrogens (primary N) is 1. The Morgan fingerprint density at radius 3 is 2.24 bits per heavy atom. The highest BCUT2D eigenvalue weighted by Crippen LogP contribution is 2.20. The van der Waals surface area contributed by atoms with E-state index in [9.17, 15) is 9.59 Å². The molecule has 21 heavy (non-hydrogen) atoms. The molecule has 2 heterocycles. The Labute approximate surface area is 129 Å². The van der Waals surface area contributed by atoms with Crippen LogP contribution in [0.3, 0.4) is 0 Å². The Hall–Kier alpha value is -1.40. The molecule has 0 radical (unpaired) electrons. The largest absolute Gasteiger partial charge is 0.338 e. The Morgan fingerprint density at radius 1 is 1.19 bits per heavy atom. The predicted molar refractivity (Wildman–Crippen MR) is 84.2 cm³/mol. The van der Waals surface area contributed by atoms with E-state index >= 15 is 0 Å².